The van der Waals surface area contributed by atoms with Crippen molar-refractivity contribution in [3.8, 4) is 0 Å². The van der Waals surface area contributed by atoms with E-state index >= 15 is 0 Å². The van der Waals surface area contributed by atoms with Gasteiger partial charge in [0.25, 0.3) is 11.7 Å². The number of amides is 1. The zero-order valence-electron chi connectivity index (χ0n) is 17.2. The summed E-state index contributed by atoms with van der Waals surface area (Å²) in [5.74, 6) is -2.08. The van der Waals surface area contributed by atoms with Crippen LogP contribution in [0.1, 0.15) is 23.6 Å². The van der Waals surface area contributed by atoms with Gasteiger partial charge in [-0.05, 0) is 36.2 Å². The van der Waals surface area contributed by atoms with E-state index < -0.39 is 23.5 Å². The Hall–Kier alpha value is -3.03. The zero-order valence-corrected chi connectivity index (χ0v) is 17.2. The number of benzene rings is 2. The van der Waals surface area contributed by atoms with Crippen LogP contribution in [-0.2, 0) is 14.3 Å². The Morgan fingerprint density at radius 3 is 2.35 bits per heavy atom. The number of Topliss-reactive ketones (excluding diaryl/α,β-unsaturated/α-hetero) is 1. The topological polar surface area (TPSA) is 70.1 Å². The maximum absolute atomic E-state index is 13.3. The minimum Gasteiger partial charge on any atom is -0.507 e. The molecule has 1 N–H and O–H groups in total. The van der Waals surface area contributed by atoms with Gasteiger partial charge >= 0.3 is 0 Å². The molecule has 0 radical (unpaired) electrons. The molecule has 2 aromatic rings. The maximum atomic E-state index is 13.3. The molecule has 0 aromatic heterocycles. The van der Waals surface area contributed by atoms with Crippen LogP contribution >= 0.6 is 0 Å². The molecule has 31 heavy (non-hydrogen) atoms. The standard InChI is InChI=1S/C24H25FN2O4/c25-19-9-7-18(8-10-19)22(28)20-21(17-5-2-1-3-6-17)27(24(30)23(20)29)12-4-11-26-13-15-31-16-14-26/h1-3,5-10,21,28H,4,11-16H2/b22-20+/t21-/m1/s1. The van der Waals surface area contributed by atoms with Crippen molar-refractivity contribution in [3.05, 3.63) is 77.1 Å². The van der Waals surface area contributed by atoms with E-state index in [1.54, 1.807) is 0 Å². The smallest absolute Gasteiger partial charge is 0.295 e. The summed E-state index contributed by atoms with van der Waals surface area (Å²) in [6.07, 6.45) is 0.701. The van der Waals surface area contributed by atoms with Crippen molar-refractivity contribution >= 4 is 17.4 Å². The number of halogens is 1. The van der Waals surface area contributed by atoms with E-state index in [0.29, 0.717) is 31.7 Å². The van der Waals surface area contributed by atoms with Gasteiger partial charge in [0.15, 0.2) is 0 Å². The summed E-state index contributed by atoms with van der Waals surface area (Å²) >= 11 is 0. The van der Waals surface area contributed by atoms with Crippen LogP contribution in [0.5, 0.6) is 0 Å². The van der Waals surface area contributed by atoms with Gasteiger partial charge in [-0.1, -0.05) is 30.3 Å². The zero-order chi connectivity index (χ0) is 21.8. The number of hydrogen-bond donors (Lipinski definition) is 1. The number of carbonyl (C=O) groups is 2. The minimum absolute atomic E-state index is 0.0363. The van der Waals surface area contributed by atoms with Crippen LogP contribution in [-0.4, -0.2) is 66.0 Å². The first-order valence-corrected chi connectivity index (χ1v) is 10.5. The summed E-state index contributed by atoms with van der Waals surface area (Å²) < 4.78 is 18.7. The third-order valence-corrected chi connectivity index (χ3v) is 5.75. The molecule has 2 aliphatic heterocycles. The Labute approximate surface area is 180 Å². The molecule has 2 fully saturated rings. The van der Waals surface area contributed by atoms with Crippen LogP contribution < -0.4 is 0 Å². The molecule has 0 bridgehead atoms. The maximum Gasteiger partial charge on any atom is 0.295 e. The Balaban J connectivity index is 1.64. The normalized spacial score (nSPS) is 21.6. The highest BCUT2D eigenvalue weighted by Gasteiger charge is 2.45. The largest absolute Gasteiger partial charge is 0.507 e. The highest BCUT2D eigenvalue weighted by Crippen LogP contribution is 2.39. The molecule has 2 saturated heterocycles. The quantitative estimate of drug-likeness (QED) is 0.439. The van der Waals surface area contributed by atoms with Crippen LogP contribution in [0.3, 0.4) is 0 Å². The molecular weight excluding hydrogens is 399 g/mol. The van der Waals surface area contributed by atoms with Crippen LogP contribution in [0.15, 0.2) is 60.2 Å². The van der Waals surface area contributed by atoms with Crippen molar-refractivity contribution in [2.45, 2.75) is 12.5 Å². The Kier molecular flexibility index (Phi) is 6.44. The van der Waals surface area contributed by atoms with Crippen LogP contribution in [0.4, 0.5) is 4.39 Å². The van der Waals surface area contributed by atoms with Crippen molar-refractivity contribution in [1.82, 2.24) is 9.80 Å². The fraction of sp³-hybridized carbons (Fsp3) is 0.333. The van der Waals surface area contributed by atoms with Gasteiger partial charge in [0.2, 0.25) is 0 Å². The predicted octanol–water partition coefficient (Wildman–Crippen LogP) is 2.97. The number of rotatable bonds is 6. The molecule has 2 aliphatic rings. The number of nitrogens with zero attached hydrogens (tertiary/aromatic N) is 2. The lowest BCUT2D eigenvalue weighted by molar-refractivity contribution is -0.140. The average molecular weight is 424 g/mol. The van der Waals surface area contributed by atoms with Crippen molar-refractivity contribution in [3.63, 3.8) is 0 Å². The van der Waals surface area contributed by atoms with Crippen molar-refractivity contribution in [1.29, 1.82) is 0 Å². The molecule has 2 aromatic carbocycles. The van der Waals surface area contributed by atoms with Gasteiger partial charge < -0.3 is 14.7 Å². The van der Waals surface area contributed by atoms with Gasteiger partial charge in [0.05, 0.1) is 24.8 Å². The summed E-state index contributed by atoms with van der Waals surface area (Å²) in [6, 6.07) is 13.7. The summed E-state index contributed by atoms with van der Waals surface area (Å²) in [4.78, 5) is 29.7. The molecule has 2 heterocycles. The van der Waals surface area contributed by atoms with E-state index in [-0.39, 0.29) is 11.3 Å². The fourth-order valence-electron chi connectivity index (χ4n) is 4.15. The number of morpholine rings is 1. The Morgan fingerprint density at radius 2 is 1.68 bits per heavy atom. The van der Waals surface area contributed by atoms with E-state index in [2.05, 4.69) is 4.90 Å². The van der Waals surface area contributed by atoms with Gasteiger partial charge in [-0.3, -0.25) is 14.5 Å². The lowest BCUT2D eigenvalue weighted by Crippen LogP contribution is -2.38. The summed E-state index contributed by atoms with van der Waals surface area (Å²) in [5, 5.41) is 10.9. The molecule has 0 aliphatic carbocycles. The van der Waals surface area contributed by atoms with Crippen LogP contribution in [0.25, 0.3) is 5.76 Å². The highest BCUT2D eigenvalue weighted by molar-refractivity contribution is 6.46. The molecule has 7 heteroatoms. The average Bonchev–Trinajstić information content (AvgIpc) is 3.05. The molecular formula is C24H25FN2O4. The predicted molar refractivity (Wildman–Crippen MR) is 114 cm³/mol. The fourth-order valence-corrected chi connectivity index (χ4v) is 4.15. The first-order chi connectivity index (χ1) is 15.1. The second kappa shape index (κ2) is 9.41. The van der Waals surface area contributed by atoms with Crippen LogP contribution in [0, 0.1) is 5.82 Å². The summed E-state index contributed by atoms with van der Waals surface area (Å²) in [7, 11) is 0. The lowest BCUT2D eigenvalue weighted by Gasteiger charge is -2.29. The van der Waals surface area contributed by atoms with E-state index in [4.69, 9.17) is 4.74 Å². The molecule has 0 spiro atoms. The third kappa shape index (κ3) is 4.52. The molecule has 1 atom stereocenters. The van der Waals surface area contributed by atoms with Gasteiger partial charge in [-0.2, -0.15) is 0 Å². The highest BCUT2D eigenvalue weighted by atomic mass is 19.1. The first kappa shape index (κ1) is 21.2. The van der Waals surface area contributed by atoms with Crippen molar-refractivity contribution in [2.75, 3.05) is 39.4 Å². The van der Waals surface area contributed by atoms with E-state index in [0.717, 1.165) is 25.2 Å². The number of ketones is 1. The number of ether oxygens (including phenoxy) is 1. The molecule has 0 unspecified atom stereocenters. The summed E-state index contributed by atoms with van der Waals surface area (Å²) in [5.41, 5.74) is 1.08. The Bertz CT molecular complexity index is 969. The molecule has 162 valence electrons. The molecule has 6 nitrogen and oxygen atoms in total. The summed E-state index contributed by atoms with van der Waals surface area (Å²) in [6.45, 7) is 4.29. The van der Waals surface area contributed by atoms with E-state index in [1.807, 2.05) is 30.3 Å². The van der Waals surface area contributed by atoms with Crippen molar-refractivity contribution < 1.29 is 23.8 Å². The van der Waals surface area contributed by atoms with Crippen molar-refractivity contribution in [2.24, 2.45) is 0 Å². The second-order valence-corrected chi connectivity index (χ2v) is 7.72. The second-order valence-electron chi connectivity index (χ2n) is 7.72. The van der Waals surface area contributed by atoms with E-state index in [1.165, 1.54) is 29.2 Å². The van der Waals surface area contributed by atoms with Gasteiger partial charge in [0, 0.05) is 31.7 Å². The minimum atomic E-state index is -0.720. The van der Waals surface area contributed by atoms with E-state index in [9.17, 15) is 19.1 Å². The SMILES string of the molecule is O=C1C(=O)N(CCCN2CCOCC2)[C@H](c2ccccc2)/C1=C(\O)c1ccc(F)cc1. The Morgan fingerprint density at radius 1 is 1.00 bits per heavy atom. The van der Waals surface area contributed by atoms with Gasteiger partial charge in [0.1, 0.15) is 11.6 Å². The third-order valence-electron chi connectivity index (χ3n) is 5.75. The lowest BCUT2D eigenvalue weighted by atomic mass is 9.95. The number of hydrogen-bond acceptors (Lipinski definition) is 5. The molecule has 1 amide bonds. The number of carbonyl (C=O) groups excluding carboxylic acids is 2. The molecule has 0 saturated carbocycles. The number of aliphatic hydroxyl groups excluding tert-OH is 1. The monoisotopic (exact) mass is 424 g/mol. The number of aliphatic hydroxyl groups is 1. The van der Waals surface area contributed by atoms with Crippen LogP contribution in [0.2, 0.25) is 0 Å². The molecule has 4 rings (SSSR count). The van der Waals surface area contributed by atoms with Gasteiger partial charge in [-0.25, -0.2) is 4.39 Å². The van der Waals surface area contributed by atoms with Gasteiger partial charge in [-0.15, -0.1) is 0 Å². The number of likely N-dealkylation sites (tertiary alicyclic amines) is 1. The first-order valence-electron chi connectivity index (χ1n) is 10.5.